The number of para-hydroxylation sites is 1. The third-order valence-corrected chi connectivity index (χ3v) is 3.49. The van der Waals surface area contributed by atoms with Crippen LogP contribution in [0.4, 0.5) is 0 Å². The summed E-state index contributed by atoms with van der Waals surface area (Å²) in [5.41, 5.74) is 0.888. The van der Waals surface area contributed by atoms with E-state index in [0.717, 1.165) is 12.0 Å². The van der Waals surface area contributed by atoms with Gasteiger partial charge in [-0.3, -0.25) is 9.59 Å². The van der Waals surface area contributed by atoms with E-state index in [0.29, 0.717) is 18.7 Å². The molecule has 7 heteroatoms. The zero-order valence-electron chi connectivity index (χ0n) is 14.8. The predicted octanol–water partition coefficient (Wildman–Crippen LogP) is 1.75. The summed E-state index contributed by atoms with van der Waals surface area (Å²) in [7, 11) is 5.19. The lowest BCUT2D eigenvalue weighted by atomic mass is 10.0. The molecule has 0 aliphatic carbocycles. The second-order valence-electron chi connectivity index (χ2n) is 5.50. The molecular weight excluding hydrogens is 330 g/mol. The summed E-state index contributed by atoms with van der Waals surface area (Å²) < 4.78 is 5.65. The van der Waals surface area contributed by atoms with Crippen LogP contribution in [0.1, 0.15) is 31.4 Å². The fourth-order valence-corrected chi connectivity index (χ4v) is 2.07. The van der Waals surface area contributed by atoms with Crippen molar-refractivity contribution in [3.8, 4) is 5.75 Å². The lowest BCUT2D eigenvalue weighted by Crippen LogP contribution is -2.31. The first-order valence-corrected chi connectivity index (χ1v) is 7.85. The number of benzene rings is 1. The van der Waals surface area contributed by atoms with Gasteiger partial charge in [0.2, 0.25) is 5.91 Å². The summed E-state index contributed by atoms with van der Waals surface area (Å²) in [6.07, 6.45) is 1.17. The molecule has 2 N–H and O–H groups in total. The minimum Gasteiger partial charge on any atom is -0.483 e. The maximum Gasteiger partial charge on any atom is 0.259 e. The Labute approximate surface area is 150 Å². The molecule has 0 aliphatic heterocycles. The highest BCUT2D eigenvalue weighted by Crippen LogP contribution is 2.27. The van der Waals surface area contributed by atoms with Crippen LogP contribution in [-0.4, -0.2) is 51.0 Å². The summed E-state index contributed by atoms with van der Waals surface area (Å²) in [6, 6.07) is 7.36. The number of ether oxygens (including phenoxy) is 1. The smallest absolute Gasteiger partial charge is 0.259 e. The molecule has 24 heavy (non-hydrogen) atoms. The fraction of sp³-hybridized carbons (Fsp3) is 0.529. The van der Waals surface area contributed by atoms with Gasteiger partial charge in [0.25, 0.3) is 5.91 Å². The van der Waals surface area contributed by atoms with E-state index in [-0.39, 0.29) is 36.9 Å². The Morgan fingerprint density at radius 1 is 1.25 bits per heavy atom. The van der Waals surface area contributed by atoms with Crippen molar-refractivity contribution in [3.05, 3.63) is 29.8 Å². The van der Waals surface area contributed by atoms with E-state index in [1.807, 2.05) is 38.2 Å². The minimum atomic E-state index is -0.134. The van der Waals surface area contributed by atoms with Crippen LogP contribution in [0.3, 0.4) is 0 Å². The Bertz CT molecular complexity index is 524. The summed E-state index contributed by atoms with van der Waals surface area (Å²) in [6.45, 7) is 2.62. The minimum absolute atomic E-state index is 0. The molecule has 136 valence electrons. The Kier molecular flexibility index (Phi) is 10.8. The van der Waals surface area contributed by atoms with Crippen LogP contribution < -0.4 is 15.4 Å². The third kappa shape index (κ3) is 7.19. The number of hydrogen-bond acceptors (Lipinski definition) is 4. The van der Waals surface area contributed by atoms with Gasteiger partial charge in [0, 0.05) is 32.6 Å². The van der Waals surface area contributed by atoms with Gasteiger partial charge < -0.3 is 20.3 Å². The number of halogens is 1. The van der Waals surface area contributed by atoms with E-state index in [1.54, 1.807) is 14.1 Å². The van der Waals surface area contributed by atoms with Gasteiger partial charge in [-0.05, 0) is 19.5 Å². The molecule has 2 amide bonds. The van der Waals surface area contributed by atoms with E-state index >= 15 is 0 Å². The van der Waals surface area contributed by atoms with Gasteiger partial charge >= 0.3 is 0 Å². The molecule has 0 saturated heterocycles. The molecule has 0 spiro atoms. The second kappa shape index (κ2) is 11.7. The van der Waals surface area contributed by atoms with Gasteiger partial charge in [-0.2, -0.15) is 0 Å². The SMILES string of the molecule is CCC(NC(=O)CCNC)c1ccccc1OCC(=O)N(C)C.Cl. The summed E-state index contributed by atoms with van der Waals surface area (Å²) >= 11 is 0. The number of amides is 2. The number of rotatable bonds is 9. The van der Waals surface area contributed by atoms with Crippen LogP contribution in [0.5, 0.6) is 5.75 Å². The molecule has 0 radical (unpaired) electrons. The van der Waals surface area contributed by atoms with Gasteiger partial charge in [0.15, 0.2) is 6.61 Å². The highest BCUT2D eigenvalue weighted by molar-refractivity contribution is 5.85. The van der Waals surface area contributed by atoms with Crippen molar-refractivity contribution in [2.24, 2.45) is 0 Å². The quantitative estimate of drug-likeness (QED) is 0.706. The molecule has 1 aromatic carbocycles. The zero-order chi connectivity index (χ0) is 17.2. The highest BCUT2D eigenvalue weighted by Gasteiger charge is 2.17. The summed E-state index contributed by atoms with van der Waals surface area (Å²) in [5.74, 6) is 0.514. The molecule has 1 aromatic rings. The van der Waals surface area contributed by atoms with Crippen molar-refractivity contribution < 1.29 is 14.3 Å². The normalized spacial score (nSPS) is 11.2. The molecule has 0 aliphatic rings. The molecule has 6 nitrogen and oxygen atoms in total. The van der Waals surface area contributed by atoms with Crippen molar-refractivity contribution in [2.45, 2.75) is 25.8 Å². The van der Waals surface area contributed by atoms with E-state index < -0.39 is 0 Å². The van der Waals surface area contributed by atoms with Crippen molar-refractivity contribution in [2.75, 3.05) is 34.3 Å². The maximum atomic E-state index is 12.0. The average Bonchev–Trinajstić information content (AvgIpc) is 2.55. The van der Waals surface area contributed by atoms with Crippen LogP contribution in [0.2, 0.25) is 0 Å². The number of carbonyl (C=O) groups excluding carboxylic acids is 2. The zero-order valence-corrected chi connectivity index (χ0v) is 15.6. The van der Waals surface area contributed by atoms with E-state index in [2.05, 4.69) is 10.6 Å². The van der Waals surface area contributed by atoms with Crippen molar-refractivity contribution in [1.29, 1.82) is 0 Å². The molecule has 0 bridgehead atoms. The number of nitrogens with zero attached hydrogens (tertiary/aromatic N) is 1. The van der Waals surface area contributed by atoms with E-state index in [4.69, 9.17) is 4.74 Å². The summed E-state index contributed by atoms with van der Waals surface area (Å²) in [4.78, 5) is 25.1. The Morgan fingerprint density at radius 2 is 1.92 bits per heavy atom. The molecule has 0 heterocycles. The fourth-order valence-electron chi connectivity index (χ4n) is 2.07. The first-order chi connectivity index (χ1) is 11.0. The maximum absolute atomic E-state index is 12.0. The lowest BCUT2D eigenvalue weighted by Gasteiger charge is -2.21. The van der Waals surface area contributed by atoms with Crippen molar-refractivity contribution in [1.82, 2.24) is 15.5 Å². The highest BCUT2D eigenvalue weighted by atomic mass is 35.5. The first-order valence-electron chi connectivity index (χ1n) is 7.85. The topological polar surface area (TPSA) is 70.7 Å². The van der Waals surface area contributed by atoms with E-state index in [9.17, 15) is 9.59 Å². The standard InChI is InChI=1S/C17H27N3O3.ClH/c1-5-14(19-16(21)10-11-18-2)13-8-6-7-9-15(13)23-12-17(22)20(3)4;/h6-9,14,18H,5,10-12H2,1-4H3,(H,19,21);1H. The Balaban J connectivity index is 0.00000529. The molecular formula is C17H28ClN3O3. The van der Waals surface area contributed by atoms with Gasteiger partial charge in [0.05, 0.1) is 6.04 Å². The van der Waals surface area contributed by atoms with Crippen LogP contribution in [-0.2, 0) is 9.59 Å². The molecule has 0 aromatic heterocycles. The molecule has 1 unspecified atom stereocenters. The summed E-state index contributed by atoms with van der Waals surface area (Å²) in [5, 5.41) is 5.97. The molecule has 0 saturated carbocycles. The lowest BCUT2D eigenvalue weighted by molar-refractivity contribution is -0.130. The largest absolute Gasteiger partial charge is 0.483 e. The van der Waals surface area contributed by atoms with E-state index in [1.165, 1.54) is 4.90 Å². The Hall–Kier alpha value is -1.79. The molecule has 0 fully saturated rings. The van der Waals surface area contributed by atoms with Gasteiger partial charge in [-0.25, -0.2) is 0 Å². The third-order valence-electron chi connectivity index (χ3n) is 3.49. The van der Waals surface area contributed by atoms with Crippen LogP contribution in [0.15, 0.2) is 24.3 Å². The Morgan fingerprint density at radius 3 is 2.50 bits per heavy atom. The number of hydrogen-bond donors (Lipinski definition) is 2. The van der Waals surface area contributed by atoms with Gasteiger partial charge in [0.1, 0.15) is 5.75 Å². The van der Waals surface area contributed by atoms with Crippen LogP contribution in [0.25, 0.3) is 0 Å². The van der Waals surface area contributed by atoms with Gasteiger partial charge in [-0.1, -0.05) is 25.1 Å². The van der Waals surface area contributed by atoms with Crippen molar-refractivity contribution in [3.63, 3.8) is 0 Å². The number of likely N-dealkylation sites (N-methyl/N-ethyl adjacent to an activating group) is 1. The van der Waals surface area contributed by atoms with Crippen LogP contribution >= 0.6 is 12.4 Å². The second-order valence-corrected chi connectivity index (χ2v) is 5.50. The predicted molar refractivity (Wildman–Crippen MR) is 97.6 cm³/mol. The number of nitrogens with one attached hydrogen (secondary N) is 2. The van der Waals surface area contributed by atoms with Crippen LogP contribution in [0, 0.1) is 0 Å². The van der Waals surface area contributed by atoms with Crippen molar-refractivity contribution >= 4 is 24.2 Å². The monoisotopic (exact) mass is 357 g/mol. The number of carbonyl (C=O) groups is 2. The molecule has 1 rings (SSSR count). The first kappa shape index (κ1) is 22.2. The average molecular weight is 358 g/mol. The van der Waals surface area contributed by atoms with Gasteiger partial charge in [-0.15, -0.1) is 12.4 Å². The molecule has 1 atom stereocenters.